The number of aromatic nitrogens is 5. The number of nitrogens with zero attached hydrogens (tertiary/aromatic N) is 8. The van der Waals surface area contributed by atoms with Crippen LogP contribution in [0, 0.1) is 5.82 Å². The van der Waals surface area contributed by atoms with Crippen molar-refractivity contribution >= 4 is 29.9 Å². The summed E-state index contributed by atoms with van der Waals surface area (Å²) < 4.78 is 25.8. The summed E-state index contributed by atoms with van der Waals surface area (Å²) in [5.41, 5.74) is 4.56. The third-order valence-electron chi connectivity index (χ3n) is 11.4. The summed E-state index contributed by atoms with van der Waals surface area (Å²) >= 11 is 0. The third-order valence-corrected chi connectivity index (χ3v) is 11.4. The van der Waals surface area contributed by atoms with E-state index in [1.54, 1.807) is 0 Å². The molecule has 3 aliphatic rings. The number of pyridine rings is 1. The third kappa shape index (κ3) is 9.10. The lowest BCUT2D eigenvalue weighted by molar-refractivity contribution is -0.122. The topological polar surface area (TPSA) is 145 Å². The zero-order valence-corrected chi connectivity index (χ0v) is 34.1. The number of urea groups is 1. The van der Waals surface area contributed by atoms with E-state index in [1.807, 2.05) is 53.1 Å². The lowest BCUT2D eigenvalue weighted by Crippen LogP contribution is -2.43. The fourth-order valence-corrected chi connectivity index (χ4v) is 8.12. The number of carboxylic acid groups (broad SMARTS) is 1. The fourth-order valence-electron chi connectivity index (χ4n) is 8.12. The van der Waals surface area contributed by atoms with E-state index >= 15 is 4.39 Å². The number of benzene rings is 2. The van der Waals surface area contributed by atoms with Crippen molar-refractivity contribution in [3.05, 3.63) is 95.1 Å². The van der Waals surface area contributed by atoms with Crippen molar-refractivity contribution in [3.63, 3.8) is 0 Å². The van der Waals surface area contributed by atoms with Gasteiger partial charge in [-0.3, -0.25) is 19.4 Å². The number of halogens is 1. The molecule has 2 aliphatic heterocycles. The van der Waals surface area contributed by atoms with Crippen LogP contribution in [0.25, 0.3) is 11.3 Å². The van der Waals surface area contributed by atoms with Crippen LogP contribution in [0.2, 0.25) is 0 Å². The minimum Gasteiger partial charge on any atom is -0.484 e. The first kappa shape index (κ1) is 40.6. The number of rotatable bonds is 8. The van der Waals surface area contributed by atoms with Gasteiger partial charge in [0.05, 0.1) is 17.9 Å². The lowest BCUT2D eigenvalue weighted by Gasteiger charge is -2.33. The number of carbonyl (C=O) groups is 2. The Kier molecular flexibility index (Phi) is 12.3. The van der Waals surface area contributed by atoms with Crippen molar-refractivity contribution in [2.45, 2.75) is 89.9 Å². The lowest BCUT2D eigenvalue weighted by atomic mass is 9.85. The standard InChI is InChI=1S/C42H53FN10O2.CH2O2/c1-28-10-8-9-19-51(28)41-47-46-38-18-14-30(27-52(38)41)55-36-17-16-34(31-11-6-7-12-32(31)36)44-40(54)45-39-25-37(42(2,3)4)48-53(39)35-24-29(13-15-33(35)43)26-50-22-20-49(5)21-23-50;2-1-3/h6-7,11-15,18,24-25,27-28,34,36H,8-10,16-17,19-23,26H2,1-5H3,(H2,44,45,54);1H,(H,2,3)/t28?,34-,36+;/m0./s1. The number of likely N-dealkylation sites (N-methyl/N-ethyl adjacent to an activating group) is 1. The highest BCUT2D eigenvalue weighted by atomic mass is 19.1. The molecule has 58 heavy (non-hydrogen) atoms. The number of ether oxygens (including phenoxy) is 1. The Bertz CT molecular complexity index is 2210. The number of hydrogen-bond acceptors (Lipinski definition) is 9. The number of piperazine rings is 1. The summed E-state index contributed by atoms with van der Waals surface area (Å²) in [6.07, 6.45) is 6.70. The SMILES string of the molecule is CC1CCCCN1c1nnc2ccc(O[C@@H]3CC[C@H](NC(=O)Nc4cc(C(C)(C)C)nn4-c4cc(CN5CCN(C)CC5)ccc4F)c4ccccc43)cn12.O=CO. The van der Waals surface area contributed by atoms with Crippen molar-refractivity contribution in [2.75, 3.05) is 50.0 Å². The molecular formula is C43H55FN10O4. The molecule has 1 aliphatic carbocycles. The molecule has 8 rings (SSSR count). The van der Waals surface area contributed by atoms with Gasteiger partial charge in [-0.25, -0.2) is 13.9 Å². The second kappa shape index (κ2) is 17.5. The molecule has 0 radical (unpaired) electrons. The van der Waals surface area contributed by atoms with Crippen LogP contribution < -0.4 is 20.3 Å². The van der Waals surface area contributed by atoms with Gasteiger partial charge >= 0.3 is 6.03 Å². The van der Waals surface area contributed by atoms with Crippen molar-refractivity contribution in [1.29, 1.82) is 0 Å². The maximum absolute atomic E-state index is 15.6. The number of carbonyl (C=O) groups excluding carboxylic acids is 1. The molecule has 0 spiro atoms. The molecule has 3 atom stereocenters. The van der Waals surface area contributed by atoms with Crippen LogP contribution in [0.5, 0.6) is 5.75 Å². The van der Waals surface area contributed by atoms with E-state index in [4.69, 9.17) is 19.7 Å². The second-order valence-corrected chi connectivity index (χ2v) is 16.6. The summed E-state index contributed by atoms with van der Waals surface area (Å²) in [7, 11) is 2.13. The van der Waals surface area contributed by atoms with Crippen LogP contribution in [0.15, 0.2) is 66.9 Å². The Morgan fingerprint density at radius 1 is 0.966 bits per heavy atom. The normalized spacial score (nSPS) is 20.2. The second-order valence-electron chi connectivity index (χ2n) is 16.6. The van der Waals surface area contributed by atoms with Crippen molar-refractivity contribution < 1.29 is 23.8 Å². The van der Waals surface area contributed by atoms with Crippen LogP contribution in [0.4, 0.5) is 21.0 Å². The van der Waals surface area contributed by atoms with Crippen LogP contribution in [-0.2, 0) is 16.8 Å². The molecule has 2 aromatic carbocycles. The average Bonchev–Trinajstić information content (AvgIpc) is 3.82. The van der Waals surface area contributed by atoms with Gasteiger partial charge in [-0.2, -0.15) is 5.10 Å². The highest BCUT2D eigenvalue weighted by Crippen LogP contribution is 2.39. The molecule has 15 heteroatoms. The minimum absolute atomic E-state index is 0.194. The molecule has 308 valence electrons. The van der Waals surface area contributed by atoms with Crippen molar-refractivity contribution in [3.8, 4) is 11.4 Å². The molecule has 0 saturated carbocycles. The maximum Gasteiger partial charge on any atom is 0.320 e. The molecule has 1 unspecified atom stereocenters. The summed E-state index contributed by atoms with van der Waals surface area (Å²) in [6.45, 7) is 13.8. The first-order valence-electron chi connectivity index (χ1n) is 20.2. The monoisotopic (exact) mass is 794 g/mol. The van der Waals surface area contributed by atoms with E-state index in [1.165, 1.54) is 17.2 Å². The van der Waals surface area contributed by atoms with E-state index in [0.717, 1.165) is 91.8 Å². The number of piperidine rings is 1. The predicted octanol–water partition coefficient (Wildman–Crippen LogP) is 6.96. The van der Waals surface area contributed by atoms with Crippen molar-refractivity contribution in [2.24, 2.45) is 0 Å². The number of amides is 2. The number of nitrogens with one attached hydrogen (secondary N) is 2. The first-order chi connectivity index (χ1) is 27.9. The highest BCUT2D eigenvalue weighted by Gasteiger charge is 2.31. The molecule has 5 heterocycles. The predicted molar refractivity (Wildman–Crippen MR) is 221 cm³/mol. The molecule has 3 N–H and O–H groups in total. The zero-order valence-electron chi connectivity index (χ0n) is 34.1. The van der Waals surface area contributed by atoms with Gasteiger partial charge < -0.3 is 25.0 Å². The smallest absolute Gasteiger partial charge is 0.320 e. The summed E-state index contributed by atoms with van der Waals surface area (Å²) in [6, 6.07) is 18.8. The first-order valence-corrected chi connectivity index (χ1v) is 20.2. The van der Waals surface area contributed by atoms with Gasteiger partial charge in [0.25, 0.3) is 6.47 Å². The Morgan fingerprint density at radius 3 is 2.47 bits per heavy atom. The fraction of sp³-hybridized carbons (Fsp3) is 0.465. The molecule has 2 saturated heterocycles. The Morgan fingerprint density at radius 2 is 1.72 bits per heavy atom. The van der Waals surface area contributed by atoms with E-state index in [2.05, 4.69) is 82.4 Å². The van der Waals surface area contributed by atoms with Gasteiger partial charge in [-0.1, -0.05) is 51.1 Å². The van der Waals surface area contributed by atoms with E-state index in [0.29, 0.717) is 30.4 Å². The maximum atomic E-state index is 15.6. The Hall–Kier alpha value is -5.54. The van der Waals surface area contributed by atoms with Gasteiger partial charge in [0.1, 0.15) is 29.2 Å². The molecule has 2 fully saturated rings. The number of hydrogen-bond donors (Lipinski definition) is 3. The largest absolute Gasteiger partial charge is 0.484 e. The summed E-state index contributed by atoms with van der Waals surface area (Å²) in [5, 5.41) is 26.9. The van der Waals surface area contributed by atoms with E-state index < -0.39 is 5.82 Å². The minimum atomic E-state index is -0.401. The molecule has 0 bridgehead atoms. The molecule has 2 amide bonds. The van der Waals surface area contributed by atoms with Crippen LogP contribution in [-0.4, -0.2) is 97.6 Å². The molecule has 3 aromatic heterocycles. The van der Waals surface area contributed by atoms with Crippen molar-refractivity contribution in [1.82, 2.24) is 39.5 Å². The Balaban J connectivity index is 0.00000166. The van der Waals surface area contributed by atoms with Crippen LogP contribution in [0.3, 0.4) is 0 Å². The summed E-state index contributed by atoms with van der Waals surface area (Å²) in [4.78, 5) is 29.2. The quantitative estimate of drug-likeness (QED) is 0.141. The molecular weight excluding hydrogens is 740 g/mol. The van der Waals surface area contributed by atoms with Gasteiger partial charge in [0.2, 0.25) is 5.95 Å². The van der Waals surface area contributed by atoms with Gasteiger partial charge in [-0.05, 0) is 87.0 Å². The van der Waals surface area contributed by atoms with Gasteiger partial charge in [-0.15, -0.1) is 10.2 Å². The zero-order chi connectivity index (χ0) is 41.0. The van der Waals surface area contributed by atoms with E-state index in [9.17, 15) is 4.79 Å². The van der Waals surface area contributed by atoms with Crippen LogP contribution in [0.1, 0.15) is 94.3 Å². The number of fused-ring (bicyclic) bond motifs is 2. The van der Waals surface area contributed by atoms with Crippen LogP contribution >= 0.6 is 0 Å². The molecule has 14 nitrogen and oxygen atoms in total. The number of anilines is 2. The summed E-state index contributed by atoms with van der Waals surface area (Å²) in [5.74, 6) is 1.60. The molecule has 5 aromatic rings. The highest BCUT2D eigenvalue weighted by molar-refractivity contribution is 5.89. The van der Waals surface area contributed by atoms with Gasteiger partial charge in [0, 0.05) is 56.8 Å². The van der Waals surface area contributed by atoms with E-state index in [-0.39, 0.29) is 30.1 Å². The van der Waals surface area contributed by atoms with Gasteiger partial charge in [0.15, 0.2) is 5.65 Å². The Labute approximate surface area is 339 Å². The average molecular weight is 795 g/mol.